The monoisotopic (exact) mass is 496 g/mol. The van der Waals surface area contributed by atoms with Gasteiger partial charge in [0, 0.05) is 34.4 Å². The molecule has 0 atom stereocenters. The fourth-order valence-electron chi connectivity index (χ4n) is 3.95. The van der Waals surface area contributed by atoms with Gasteiger partial charge in [0.25, 0.3) is 5.56 Å². The number of thiophene rings is 1. The van der Waals surface area contributed by atoms with Crippen molar-refractivity contribution in [2.75, 3.05) is 0 Å². The Morgan fingerprint density at radius 1 is 1.03 bits per heavy atom. The Hall–Kier alpha value is -2.92. The van der Waals surface area contributed by atoms with Crippen LogP contribution in [0.15, 0.2) is 63.6 Å². The first-order valence-electron chi connectivity index (χ1n) is 10.2. The molecule has 0 amide bonds. The maximum absolute atomic E-state index is 13.8. The Labute approximate surface area is 198 Å². The summed E-state index contributed by atoms with van der Waals surface area (Å²) in [5.41, 5.74) is 3.78. The molecule has 1 N–H and O–H groups in total. The maximum Gasteiger partial charge on any atom is 0.252 e. The van der Waals surface area contributed by atoms with Gasteiger partial charge in [-0.25, -0.2) is 8.42 Å². The van der Waals surface area contributed by atoms with Crippen molar-refractivity contribution in [2.45, 2.75) is 31.8 Å². The standard InChI is InChI=1S/C23H20N4O3S3/c1-14-9-15(2)18-11-16(23(28)24-20(18)10-14)12-27(13-17-5-4-8-31-17)33(29,30)21-7-3-6-19-22(21)26-32-25-19/h3-11H,12-13H2,1-2H3,(H,24,28). The lowest BCUT2D eigenvalue weighted by Crippen LogP contribution is -2.32. The minimum Gasteiger partial charge on any atom is -0.322 e. The summed E-state index contributed by atoms with van der Waals surface area (Å²) in [5.74, 6) is 0. The van der Waals surface area contributed by atoms with Gasteiger partial charge < -0.3 is 4.98 Å². The van der Waals surface area contributed by atoms with Crippen molar-refractivity contribution < 1.29 is 8.42 Å². The lowest BCUT2D eigenvalue weighted by Gasteiger charge is -2.22. The molecule has 0 fully saturated rings. The van der Waals surface area contributed by atoms with E-state index in [-0.39, 0.29) is 23.5 Å². The van der Waals surface area contributed by atoms with Crippen LogP contribution in [0.1, 0.15) is 21.6 Å². The third-order valence-electron chi connectivity index (χ3n) is 5.52. The number of benzene rings is 2. The largest absolute Gasteiger partial charge is 0.322 e. The van der Waals surface area contributed by atoms with Crippen LogP contribution in [0.3, 0.4) is 0 Å². The fraction of sp³-hybridized carbons (Fsp3) is 0.174. The highest BCUT2D eigenvalue weighted by atomic mass is 32.2. The lowest BCUT2D eigenvalue weighted by atomic mass is 10.0. The van der Waals surface area contributed by atoms with Gasteiger partial charge in [-0.1, -0.05) is 18.2 Å². The van der Waals surface area contributed by atoms with E-state index in [2.05, 4.69) is 13.7 Å². The molecule has 5 aromatic rings. The van der Waals surface area contributed by atoms with Crippen LogP contribution in [0, 0.1) is 13.8 Å². The molecule has 10 heteroatoms. The van der Waals surface area contributed by atoms with Gasteiger partial charge in [0.2, 0.25) is 10.0 Å². The molecule has 7 nitrogen and oxygen atoms in total. The topological polar surface area (TPSA) is 96.0 Å². The molecule has 0 unspecified atom stereocenters. The molecular weight excluding hydrogens is 476 g/mol. The average molecular weight is 497 g/mol. The Morgan fingerprint density at radius 2 is 1.88 bits per heavy atom. The normalized spacial score (nSPS) is 12.2. The number of hydrogen-bond acceptors (Lipinski definition) is 7. The highest BCUT2D eigenvalue weighted by Gasteiger charge is 2.29. The van der Waals surface area contributed by atoms with Crippen molar-refractivity contribution in [1.82, 2.24) is 18.0 Å². The van der Waals surface area contributed by atoms with Gasteiger partial charge in [-0.3, -0.25) is 4.79 Å². The van der Waals surface area contributed by atoms with Crippen molar-refractivity contribution in [3.63, 3.8) is 0 Å². The Kier molecular flexibility index (Phi) is 5.61. The van der Waals surface area contributed by atoms with Crippen molar-refractivity contribution in [3.05, 3.63) is 85.8 Å². The average Bonchev–Trinajstić information content (AvgIpc) is 3.45. The van der Waals surface area contributed by atoms with E-state index in [1.807, 2.05) is 43.5 Å². The quantitative estimate of drug-likeness (QED) is 0.371. The first-order valence-corrected chi connectivity index (χ1v) is 13.2. The first kappa shape index (κ1) is 21.9. The molecule has 0 spiro atoms. The molecule has 2 aromatic carbocycles. The zero-order chi connectivity index (χ0) is 23.2. The second kappa shape index (κ2) is 8.45. The highest BCUT2D eigenvalue weighted by molar-refractivity contribution is 7.89. The Balaban J connectivity index is 1.63. The molecule has 0 saturated carbocycles. The van der Waals surface area contributed by atoms with Crippen molar-refractivity contribution in [1.29, 1.82) is 0 Å². The van der Waals surface area contributed by atoms with Gasteiger partial charge in [-0.05, 0) is 60.7 Å². The molecule has 168 valence electrons. The molecule has 3 aromatic heterocycles. The second-order valence-electron chi connectivity index (χ2n) is 7.91. The Bertz CT molecular complexity index is 1640. The van der Waals surface area contributed by atoms with Crippen LogP contribution in [-0.2, 0) is 23.1 Å². The third-order valence-corrected chi connectivity index (χ3v) is 8.74. The number of fused-ring (bicyclic) bond motifs is 2. The van der Waals surface area contributed by atoms with Gasteiger partial charge in [0.1, 0.15) is 15.9 Å². The fourth-order valence-corrected chi connectivity index (χ4v) is 6.90. The van der Waals surface area contributed by atoms with E-state index < -0.39 is 10.0 Å². The Morgan fingerprint density at radius 3 is 2.67 bits per heavy atom. The van der Waals surface area contributed by atoms with E-state index >= 15 is 0 Å². The van der Waals surface area contributed by atoms with Gasteiger partial charge in [0.05, 0.1) is 11.7 Å². The molecular formula is C23H20N4O3S3. The van der Waals surface area contributed by atoms with Crippen LogP contribution in [0.25, 0.3) is 21.9 Å². The van der Waals surface area contributed by atoms with Gasteiger partial charge in [-0.15, -0.1) is 11.3 Å². The maximum atomic E-state index is 13.8. The van der Waals surface area contributed by atoms with Crippen LogP contribution in [0.4, 0.5) is 0 Å². The number of hydrogen-bond donors (Lipinski definition) is 1. The molecule has 3 heterocycles. The van der Waals surface area contributed by atoms with Gasteiger partial charge in [-0.2, -0.15) is 13.1 Å². The van der Waals surface area contributed by atoms with E-state index in [1.165, 1.54) is 21.7 Å². The number of nitrogens with one attached hydrogen (secondary N) is 1. The smallest absolute Gasteiger partial charge is 0.252 e. The van der Waals surface area contributed by atoms with Crippen LogP contribution in [0.5, 0.6) is 0 Å². The van der Waals surface area contributed by atoms with Crippen molar-refractivity contribution in [2.24, 2.45) is 0 Å². The molecule has 0 aliphatic carbocycles. The highest BCUT2D eigenvalue weighted by Crippen LogP contribution is 2.28. The SMILES string of the molecule is Cc1cc(C)c2cc(CN(Cc3cccs3)S(=O)(=O)c3cccc4nsnc34)c(=O)[nH]c2c1. The van der Waals surface area contributed by atoms with E-state index in [1.54, 1.807) is 18.2 Å². The number of aryl methyl sites for hydroxylation is 2. The predicted molar refractivity (Wildman–Crippen MR) is 132 cm³/mol. The summed E-state index contributed by atoms with van der Waals surface area (Å²) in [6, 6.07) is 14.5. The van der Waals surface area contributed by atoms with E-state index in [0.717, 1.165) is 38.6 Å². The number of H-pyrrole nitrogens is 1. The molecule has 0 aliphatic heterocycles. The number of sulfonamides is 1. The van der Waals surface area contributed by atoms with Crippen molar-refractivity contribution >= 4 is 55.0 Å². The van der Waals surface area contributed by atoms with Gasteiger partial charge >= 0.3 is 0 Å². The van der Waals surface area contributed by atoms with Crippen molar-refractivity contribution in [3.8, 4) is 0 Å². The minimum absolute atomic E-state index is 0.0627. The number of pyridine rings is 1. The molecule has 0 saturated heterocycles. The van der Waals surface area contributed by atoms with E-state index in [0.29, 0.717) is 16.6 Å². The van der Waals surface area contributed by atoms with Crippen LogP contribution >= 0.6 is 23.1 Å². The summed E-state index contributed by atoms with van der Waals surface area (Å²) in [6.45, 7) is 4.04. The molecule has 5 rings (SSSR count). The zero-order valence-corrected chi connectivity index (χ0v) is 20.4. The molecule has 0 bridgehead atoms. The first-order chi connectivity index (χ1) is 15.8. The summed E-state index contributed by atoms with van der Waals surface area (Å²) >= 11 is 2.45. The summed E-state index contributed by atoms with van der Waals surface area (Å²) in [5, 5.41) is 2.80. The van der Waals surface area contributed by atoms with Crippen LogP contribution in [-0.4, -0.2) is 26.5 Å². The third kappa shape index (κ3) is 4.10. The predicted octanol–water partition coefficient (Wildman–Crippen LogP) is 4.60. The van der Waals surface area contributed by atoms with Crippen LogP contribution < -0.4 is 5.56 Å². The van der Waals surface area contributed by atoms with Gasteiger partial charge in [0.15, 0.2) is 0 Å². The molecule has 0 radical (unpaired) electrons. The summed E-state index contributed by atoms with van der Waals surface area (Å²) in [7, 11) is -3.97. The van der Waals surface area contributed by atoms with E-state index in [9.17, 15) is 13.2 Å². The molecule has 33 heavy (non-hydrogen) atoms. The van der Waals surface area contributed by atoms with Crippen LogP contribution in [0.2, 0.25) is 0 Å². The number of rotatable bonds is 6. The number of nitrogens with zero attached hydrogens (tertiary/aromatic N) is 3. The zero-order valence-electron chi connectivity index (χ0n) is 17.9. The minimum atomic E-state index is -3.97. The summed E-state index contributed by atoms with van der Waals surface area (Å²) in [6.07, 6.45) is 0. The second-order valence-corrected chi connectivity index (χ2v) is 11.4. The summed E-state index contributed by atoms with van der Waals surface area (Å²) < 4.78 is 37.4. The summed E-state index contributed by atoms with van der Waals surface area (Å²) in [4.78, 5) is 16.8. The van der Waals surface area contributed by atoms with E-state index in [4.69, 9.17) is 0 Å². The number of aromatic nitrogens is 3. The number of aromatic amines is 1. The molecule has 0 aliphatic rings. The lowest BCUT2D eigenvalue weighted by molar-refractivity contribution is 0.403.